The van der Waals surface area contributed by atoms with Gasteiger partial charge in [-0.3, -0.25) is 9.35 Å². The second kappa shape index (κ2) is 16.3. The number of rotatable bonds is 11. The first kappa shape index (κ1) is 37.9. The van der Waals surface area contributed by atoms with Crippen LogP contribution >= 0.6 is 23.2 Å². The molecule has 18 heteroatoms. The maximum absolute atomic E-state index is 13.9. The number of amides is 1. The SMILES string of the molecule is CS(=O)(=O)O.Cc1cc(-n2cncn2)c2cccc(OCc3c(Cl)ccc(S(=O)(=O)N4CCC[C@H]4C(=O)NCCCN4CCCC4)c3Cl)c2n1. The lowest BCUT2D eigenvalue weighted by Gasteiger charge is -2.25. The number of aromatic nitrogens is 4. The maximum atomic E-state index is 13.9. The third kappa shape index (κ3) is 9.29. The number of nitrogens with one attached hydrogen (secondary N) is 1. The number of likely N-dealkylation sites (tertiary alicyclic amines) is 1. The smallest absolute Gasteiger partial charge is 0.261 e. The van der Waals surface area contributed by atoms with E-state index in [9.17, 15) is 21.6 Å². The summed E-state index contributed by atoms with van der Waals surface area (Å²) >= 11 is 13.3. The number of ether oxygens (including phenoxy) is 1. The summed E-state index contributed by atoms with van der Waals surface area (Å²) in [6.07, 6.45) is 8.07. The van der Waals surface area contributed by atoms with Crippen LogP contribution in [0.3, 0.4) is 0 Å². The maximum Gasteiger partial charge on any atom is 0.261 e. The fraction of sp³-hybridized carbons (Fsp3) is 0.438. The minimum atomic E-state index is -4.11. The summed E-state index contributed by atoms with van der Waals surface area (Å²) in [5, 5.41) is 8.23. The van der Waals surface area contributed by atoms with Crippen LogP contribution in [0.1, 0.15) is 43.4 Å². The summed E-state index contributed by atoms with van der Waals surface area (Å²) in [5.41, 5.74) is 2.47. The highest BCUT2D eigenvalue weighted by Gasteiger charge is 2.40. The second-order valence-electron chi connectivity index (χ2n) is 12.1. The van der Waals surface area contributed by atoms with Crippen molar-refractivity contribution in [3.8, 4) is 11.4 Å². The summed E-state index contributed by atoms with van der Waals surface area (Å²) in [5.74, 6) is 0.189. The zero-order valence-electron chi connectivity index (χ0n) is 27.6. The number of aryl methyl sites for hydroxylation is 1. The Bertz CT molecular complexity index is 2040. The summed E-state index contributed by atoms with van der Waals surface area (Å²) in [7, 11) is -7.78. The first-order chi connectivity index (χ1) is 23.7. The fourth-order valence-corrected chi connectivity index (χ4v) is 8.60. The van der Waals surface area contributed by atoms with Gasteiger partial charge in [-0.2, -0.15) is 17.8 Å². The monoisotopic (exact) mass is 767 g/mol. The van der Waals surface area contributed by atoms with Crippen LogP contribution < -0.4 is 10.1 Å². The molecule has 1 atom stereocenters. The molecule has 0 spiro atoms. The van der Waals surface area contributed by atoms with Gasteiger partial charge in [-0.05, 0) is 82.9 Å². The Morgan fingerprint density at radius 3 is 2.52 bits per heavy atom. The van der Waals surface area contributed by atoms with E-state index in [0.29, 0.717) is 42.5 Å². The van der Waals surface area contributed by atoms with E-state index in [-0.39, 0.29) is 34.0 Å². The molecule has 2 saturated heterocycles. The summed E-state index contributed by atoms with van der Waals surface area (Å²) in [6, 6.07) is 9.53. The molecule has 50 heavy (non-hydrogen) atoms. The number of hydrogen-bond donors (Lipinski definition) is 2. The minimum Gasteiger partial charge on any atom is -0.487 e. The number of sulfonamides is 1. The Hall–Kier alpha value is -3.38. The zero-order valence-corrected chi connectivity index (χ0v) is 30.8. The predicted octanol–water partition coefficient (Wildman–Crippen LogP) is 4.27. The molecule has 270 valence electrons. The lowest BCUT2D eigenvalue weighted by Crippen LogP contribution is -2.46. The topological polar surface area (TPSA) is 177 Å². The van der Waals surface area contributed by atoms with Gasteiger partial charge in [-0.15, -0.1) is 0 Å². The molecule has 2 N–H and O–H groups in total. The van der Waals surface area contributed by atoms with Gasteiger partial charge in [-0.1, -0.05) is 35.3 Å². The minimum absolute atomic E-state index is 0.0353. The second-order valence-corrected chi connectivity index (χ2v) is 16.2. The Morgan fingerprint density at radius 1 is 1.08 bits per heavy atom. The molecule has 0 unspecified atom stereocenters. The molecule has 0 saturated carbocycles. The van der Waals surface area contributed by atoms with E-state index in [1.807, 2.05) is 25.1 Å². The molecular formula is C32H39Cl2N7O7S2. The van der Waals surface area contributed by atoms with Gasteiger partial charge in [0.15, 0.2) is 0 Å². The molecule has 2 aromatic heterocycles. The Labute approximate surface area is 301 Å². The molecule has 2 aromatic carbocycles. The first-order valence-corrected chi connectivity index (χ1v) is 20.1. The molecule has 2 fully saturated rings. The van der Waals surface area contributed by atoms with Gasteiger partial charge in [0.05, 0.1) is 17.0 Å². The first-order valence-electron chi connectivity index (χ1n) is 16.0. The molecule has 1 amide bonds. The van der Waals surface area contributed by atoms with Crippen molar-refractivity contribution in [1.29, 1.82) is 0 Å². The van der Waals surface area contributed by atoms with Crippen LogP contribution in [0.25, 0.3) is 16.6 Å². The van der Waals surface area contributed by atoms with Gasteiger partial charge >= 0.3 is 0 Å². The van der Waals surface area contributed by atoms with E-state index in [1.165, 1.54) is 35.6 Å². The van der Waals surface area contributed by atoms with Crippen LogP contribution in [0.2, 0.25) is 10.0 Å². The molecule has 2 aliphatic heterocycles. The number of carbonyl (C=O) groups is 1. The van der Waals surface area contributed by atoms with Crippen LogP contribution in [0, 0.1) is 6.92 Å². The highest BCUT2D eigenvalue weighted by Crippen LogP contribution is 2.37. The van der Waals surface area contributed by atoms with Gasteiger partial charge in [-0.25, -0.2) is 23.1 Å². The quantitative estimate of drug-likeness (QED) is 0.165. The van der Waals surface area contributed by atoms with Crippen molar-refractivity contribution in [3.63, 3.8) is 0 Å². The van der Waals surface area contributed by atoms with E-state index in [4.69, 9.17) is 32.5 Å². The number of para-hydroxylation sites is 1. The lowest BCUT2D eigenvalue weighted by atomic mass is 10.1. The summed E-state index contributed by atoms with van der Waals surface area (Å²) < 4.78 is 62.8. The summed E-state index contributed by atoms with van der Waals surface area (Å²) in [4.78, 5) is 24.1. The number of nitrogens with zero attached hydrogens (tertiary/aromatic N) is 6. The van der Waals surface area contributed by atoms with Crippen LogP contribution in [0.4, 0.5) is 0 Å². The van der Waals surface area contributed by atoms with Gasteiger partial charge in [0.1, 0.15) is 41.5 Å². The Morgan fingerprint density at radius 2 is 1.82 bits per heavy atom. The van der Waals surface area contributed by atoms with Crippen LogP contribution in [-0.4, -0.2) is 101 Å². The highest BCUT2D eigenvalue weighted by atomic mass is 35.5. The van der Waals surface area contributed by atoms with Crippen molar-refractivity contribution in [2.24, 2.45) is 0 Å². The molecular weight excluding hydrogens is 729 g/mol. The average Bonchev–Trinajstić information content (AvgIpc) is 3.86. The third-order valence-corrected chi connectivity index (χ3v) is 11.2. The van der Waals surface area contributed by atoms with Gasteiger partial charge in [0.25, 0.3) is 10.1 Å². The van der Waals surface area contributed by atoms with Crippen molar-refractivity contribution in [2.45, 2.75) is 56.6 Å². The van der Waals surface area contributed by atoms with Crippen molar-refractivity contribution < 1.29 is 30.9 Å². The molecule has 4 heterocycles. The highest BCUT2D eigenvalue weighted by molar-refractivity contribution is 7.89. The Kier molecular flexibility index (Phi) is 12.4. The third-order valence-electron chi connectivity index (χ3n) is 8.34. The van der Waals surface area contributed by atoms with Gasteiger partial charge < -0.3 is 15.0 Å². The van der Waals surface area contributed by atoms with E-state index >= 15 is 0 Å². The largest absolute Gasteiger partial charge is 0.487 e. The standard InChI is InChI=1S/C31H35Cl2N7O4S.CH4O3S/c1-21-17-26(39-20-34-19-36-39)22-7-4-9-27(30(22)37-21)44-18-23-24(32)10-11-28(29(23)33)45(42,43)40-16-5-8-25(40)31(41)35-12-6-15-38-13-2-3-14-38;1-5(2,3)4/h4,7,9-11,17,19-20,25H,2-3,5-6,8,12-16,18H2,1H3,(H,35,41);1H3,(H,2,3,4)/t25-;/m0./s1. The molecule has 0 aliphatic carbocycles. The van der Waals surface area contributed by atoms with Crippen LogP contribution in [0.15, 0.2) is 53.9 Å². The molecule has 0 radical (unpaired) electrons. The molecule has 2 aliphatic rings. The number of benzene rings is 2. The summed E-state index contributed by atoms with van der Waals surface area (Å²) in [6.45, 7) is 5.63. The van der Waals surface area contributed by atoms with E-state index in [2.05, 4.69) is 25.3 Å². The van der Waals surface area contributed by atoms with E-state index < -0.39 is 26.2 Å². The number of carbonyl (C=O) groups excluding carboxylic acids is 1. The van der Waals surface area contributed by atoms with Crippen LogP contribution in [0.5, 0.6) is 5.75 Å². The van der Waals surface area contributed by atoms with Gasteiger partial charge in [0, 0.05) is 34.8 Å². The number of fused-ring (bicyclic) bond motifs is 1. The van der Waals surface area contributed by atoms with Crippen molar-refractivity contribution in [1.82, 2.24) is 34.3 Å². The Balaban J connectivity index is 0.000000908. The number of hydrogen-bond acceptors (Lipinski definition) is 10. The van der Waals surface area contributed by atoms with Crippen molar-refractivity contribution in [2.75, 3.05) is 39.0 Å². The zero-order chi connectivity index (χ0) is 36.1. The molecule has 4 aromatic rings. The molecule has 0 bridgehead atoms. The van der Waals surface area contributed by atoms with Crippen LogP contribution in [-0.2, 0) is 31.5 Å². The van der Waals surface area contributed by atoms with E-state index in [1.54, 1.807) is 17.1 Å². The molecule has 6 rings (SSSR count). The number of pyridine rings is 1. The predicted molar refractivity (Wildman–Crippen MR) is 190 cm³/mol. The lowest BCUT2D eigenvalue weighted by molar-refractivity contribution is -0.124. The average molecular weight is 769 g/mol. The van der Waals surface area contributed by atoms with Gasteiger partial charge in [0.2, 0.25) is 15.9 Å². The van der Waals surface area contributed by atoms with E-state index in [0.717, 1.165) is 42.8 Å². The fourth-order valence-electron chi connectivity index (χ4n) is 6.08. The normalized spacial score (nSPS) is 17.1. The van der Waals surface area contributed by atoms with Crippen molar-refractivity contribution >= 4 is 60.2 Å². The number of halogens is 2. The molecule has 14 nitrogen and oxygen atoms in total. The van der Waals surface area contributed by atoms with Crippen molar-refractivity contribution in [3.05, 3.63) is 70.4 Å².